The number of carbonyl (C=O) groups is 2. The van der Waals surface area contributed by atoms with Crippen LogP contribution in [0.3, 0.4) is 0 Å². The molecule has 0 spiro atoms. The molecule has 8 nitrogen and oxygen atoms in total. The lowest BCUT2D eigenvalue weighted by Gasteiger charge is -2.09. The van der Waals surface area contributed by atoms with Gasteiger partial charge in [-0.25, -0.2) is 14.4 Å². The molecule has 158 valence electrons. The monoisotopic (exact) mass is 413 g/mol. The Morgan fingerprint density at radius 1 is 1.13 bits per heavy atom. The highest BCUT2D eigenvalue weighted by Gasteiger charge is 2.24. The first kappa shape index (κ1) is 21.2. The molecule has 0 radical (unpaired) electrons. The Hall–Kier alpha value is -3.55. The molecule has 0 aliphatic rings. The summed E-state index contributed by atoms with van der Waals surface area (Å²) in [5.74, 6) is -1.19. The van der Waals surface area contributed by atoms with Gasteiger partial charge < -0.3 is 24.0 Å². The van der Waals surface area contributed by atoms with Crippen LogP contribution in [0.15, 0.2) is 27.4 Å². The molecule has 2 N–H and O–H groups in total. The second-order valence-corrected chi connectivity index (χ2v) is 7.33. The third kappa shape index (κ3) is 3.94. The maximum Gasteiger partial charge on any atom is 0.355 e. The van der Waals surface area contributed by atoms with E-state index in [2.05, 4.69) is 4.98 Å². The molecule has 0 unspecified atom stereocenters. The Labute approximate surface area is 172 Å². The highest BCUT2D eigenvalue weighted by molar-refractivity contribution is 5.98. The largest absolute Gasteiger partial charge is 0.508 e. The van der Waals surface area contributed by atoms with Gasteiger partial charge in [-0.3, -0.25) is 0 Å². The molecule has 0 aliphatic carbocycles. The Kier molecular flexibility index (Phi) is 5.69. The van der Waals surface area contributed by atoms with Crippen molar-refractivity contribution >= 4 is 22.9 Å². The third-order valence-electron chi connectivity index (χ3n) is 4.77. The lowest BCUT2D eigenvalue weighted by molar-refractivity contribution is 0.0376. The lowest BCUT2D eigenvalue weighted by Crippen LogP contribution is -2.13. The number of H-pyrrole nitrogens is 1. The SMILES string of the molecule is Cc1[nH]c(C(=O)OCc2cc(=O)oc3c(C)c(O)ccc23)c(C)c1C(=O)OC(C)C. The van der Waals surface area contributed by atoms with Crippen molar-refractivity contribution in [1.82, 2.24) is 4.98 Å². The van der Waals surface area contributed by atoms with Crippen LogP contribution in [0.2, 0.25) is 0 Å². The number of nitrogens with one attached hydrogen (secondary N) is 1. The number of rotatable bonds is 5. The number of phenols is 1. The van der Waals surface area contributed by atoms with Crippen LogP contribution in [0, 0.1) is 20.8 Å². The molecule has 30 heavy (non-hydrogen) atoms. The highest BCUT2D eigenvalue weighted by Crippen LogP contribution is 2.28. The predicted octanol–water partition coefficient (Wildman–Crippen LogP) is 3.67. The quantitative estimate of drug-likeness (QED) is 0.484. The minimum Gasteiger partial charge on any atom is -0.508 e. The molecule has 8 heteroatoms. The standard InChI is InChI=1S/C22H23NO7/c1-10(2)29-21(26)18-12(4)19(23-13(18)5)22(27)28-9-14-8-17(25)30-20-11(3)16(24)7-6-15(14)20/h6-8,10,23-24H,9H2,1-5H3. The molecule has 0 amide bonds. The Morgan fingerprint density at radius 3 is 2.50 bits per heavy atom. The summed E-state index contributed by atoms with van der Waals surface area (Å²) in [6.45, 7) is 8.23. The first-order chi connectivity index (χ1) is 14.1. The van der Waals surface area contributed by atoms with Crippen molar-refractivity contribution in [2.24, 2.45) is 0 Å². The number of hydrogen-bond donors (Lipinski definition) is 2. The van der Waals surface area contributed by atoms with E-state index in [1.807, 2.05) is 0 Å². The lowest BCUT2D eigenvalue weighted by atomic mass is 10.1. The fourth-order valence-corrected chi connectivity index (χ4v) is 3.28. The van der Waals surface area contributed by atoms with Gasteiger partial charge in [-0.1, -0.05) is 0 Å². The smallest absolute Gasteiger partial charge is 0.355 e. The zero-order valence-electron chi connectivity index (χ0n) is 17.4. The van der Waals surface area contributed by atoms with E-state index in [4.69, 9.17) is 13.9 Å². The van der Waals surface area contributed by atoms with Gasteiger partial charge >= 0.3 is 17.6 Å². The van der Waals surface area contributed by atoms with E-state index in [1.165, 1.54) is 12.1 Å². The van der Waals surface area contributed by atoms with Crippen LogP contribution in [0.4, 0.5) is 0 Å². The van der Waals surface area contributed by atoms with E-state index in [0.29, 0.717) is 33.3 Å². The van der Waals surface area contributed by atoms with Crippen molar-refractivity contribution < 1.29 is 28.6 Å². The fraction of sp³-hybridized carbons (Fsp3) is 0.318. The van der Waals surface area contributed by atoms with Gasteiger partial charge in [0.25, 0.3) is 0 Å². The van der Waals surface area contributed by atoms with Crippen LogP contribution < -0.4 is 5.63 Å². The minimum absolute atomic E-state index is 0.00177. The number of carbonyl (C=O) groups excluding carboxylic acids is 2. The number of fused-ring (bicyclic) bond motifs is 1. The number of phenolic OH excluding ortho intramolecular Hbond substituents is 1. The zero-order valence-corrected chi connectivity index (χ0v) is 17.4. The molecular formula is C22H23NO7. The maximum atomic E-state index is 12.6. The molecule has 3 rings (SSSR count). The van der Waals surface area contributed by atoms with Crippen molar-refractivity contribution in [3.63, 3.8) is 0 Å². The first-order valence-electron chi connectivity index (χ1n) is 9.42. The van der Waals surface area contributed by atoms with Crippen molar-refractivity contribution in [3.05, 3.63) is 62.3 Å². The second kappa shape index (κ2) is 8.06. The Bertz CT molecular complexity index is 1200. The van der Waals surface area contributed by atoms with Crippen molar-refractivity contribution in [1.29, 1.82) is 0 Å². The molecule has 0 fully saturated rings. The van der Waals surface area contributed by atoms with Crippen molar-refractivity contribution in [2.45, 2.75) is 47.3 Å². The Balaban J connectivity index is 1.88. The molecule has 2 heterocycles. The van der Waals surface area contributed by atoms with Gasteiger partial charge in [0.15, 0.2) is 0 Å². The fourth-order valence-electron chi connectivity index (χ4n) is 3.28. The van der Waals surface area contributed by atoms with Gasteiger partial charge in [0.1, 0.15) is 23.6 Å². The first-order valence-corrected chi connectivity index (χ1v) is 9.42. The highest BCUT2D eigenvalue weighted by atomic mass is 16.5. The van der Waals surface area contributed by atoms with E-state index in [-0.39, 0.29) is 29.7 Å². The third-order valence-corrected chi connectivity index (χ3v) is 4.77. The molecule has 0 atom stereocenters. The molecule has 0 saturated carbocycles. The molecule has 2 aromatic heterocycles. The average molecular weight is 413 g/mol. The van der Waals surface area contributed by atoms with Gasteiger partial charge in [-0.05, 0) is 52.3 Å². The summed E-state index contributed by atoms with van der Waals surface area (Å²) in [5.41, 5.74) is 1.85. The van der Waals surface area contributed by atoms with E-state index in [1.54, 1.807) is 40.7 Å². The summed E-state index contributed by atoms with van der Waals surface area (Å²) in [6, 6.07) is 4.31. The number of aromatic hydroxyl groups is 1. The van der Waals surface area contributed by atoms with Crippen LogP contribution in [-0.2, 0) is 16.1 Å². The molecule has 0 saturated heterocycles. The minimum atomic E-state index is -0.670. The molecular weight excluding hydrogens is 390 g/mol. The summed E-state index contributed by atoms with van der Waals surface area (Å²) in [4.78, 5) is 39.7. The summed E-state index contributed by atoms with van der Waals surface area (Å²) in [5, 5.41) is 10.4. The summed E-state index contributed by atoms with van der Waals surface area (Å²) < 4.78 is 15.8. The number of esters is 2. The maximum absolute atomic E-state index is 12.6. The van der Waals surface area contributed by atoms with Crippen LogP contribution in [0.1, 0.15) is 57.1 Å². The van der Waals surface area contributed by atoms with E-state index >= 15 is 0 Å². The van der Waals surface area contributed by atoms with E-state index in [0.717, 1.165) is 0 Å². The molecule has 0 bridgehead atoms. The Morgan fingerprint density at radius 2 is 1.83 bits per heavy atom. The average Bonchev–Trinajstić information content (AvgIpc) is 2.96. The van der Waals surface area contributed by atoms with Crippen LogP contribution >= 0.6 is 0 Å². The van der Waals surface area contributed by atoms with E-state index < -0.39 is 17.6 Å². The van der Waals surface area contributed by atoms with Gasteiger partial charge in [0.05, 0.1) is 11.7 Å². The molecule has 0 aliphatic heterocycles. The van der Waals surface area contributed by atoms with Gasteiger partial charge in [0.2, 0.25) is 0 Å². The van der Waals surface area contributed by atoms with E-state index in [9.17, 15) is 19.5 Å². The number of aryl methyl sites for hydroxylation is 2. The predicted molar refractivity (Wildman–Crippen MR) is 109 cm³/mol. The number of benzene rings is 1. The van der Waals surface area contributed by atoms with Gasteiger partial charge in [0, 0.05) is 28.3 Å². The van der Waals surface area contributed by atoms with Crippen LogP contribution in [0.25, 0.3) is 11.0 Å². The summed E-state index contributed by atoms with van der Waals surface area (Å²) in [6.07, 6.45) is -0.289. The number of aromatic amines is 1. The topological polar surface area (TPSA) is 119 Å². The number of hydrogen-bond acceptors (Lipinski definition) is 7. The number of aromatic nitrogens is 1. The van der Waals surface area contributed by atoms with Crippen molar-refractivity contribution in [2.75, 3.05) is 0 Å². The van der Waals surface area contributed by atoms with Gasteiger partial charge in [-0.15, -0.1) is 0 Å². The summed E-state index contributed by atoms with van der Waals surface area (Å²) in [7, 11) is 0. The normalized spacial score (nSPS) is 11.1. The number of ether oxygens (including phenoxy) is 2. The summed E-state index contributed by atoms with van der Waals surface area (Å²) >= 11 is 0. The molecule has 3 aromatic rings. The van der Waals surface area contributed by atoms with Crippen LogP contribution in [-0.4, -0.2) is 28.1 Å². The molecule has 1 aromatic carbocycles. The zero-order chi connectivity index (χ0) is 22.2. The second-order valence-electron chi connectivity index (χ2n) is 7.33. The van der Waals surface area contributed by atoms with Crippen LogP contribution in [0.5, 0.6) is 5.75 Å². The van der Waals surface area contributed by atoms with Crippen molar-refractivity contribution in [3.8, 4) is 5.75 Å². The van der Waals surface area contributed by atoms with Gasteiger partial charge in [-0.2, -0.15) is 0 Å².